The summed E-state index contributed by atoms with van der Waals surface area (Å²) in [5.74, 6) is 1.86. The predicted molar refractivity (Wildman–Crippen MR) is 143 cm³/mol. The molecule has 3 nitrogen and oxygen atoms in total. The number of hydrogen-bond donors (Lipinski definition) is 1. The molecule has 4 heteroatoms. The zero-order valence-electron chi connectivity index (χ0n) is 22.5. The van der Waals surface area contributed by atoms with E-state index in [9.17, 15) is 9.90 Å². The maximum atomic E-state index is 13.6. The summed E-state index contributed by atoms with van der Waals surface area (Å²) in [6.07, 6.45) is 2.49. The van der Waals surface area contributed by atoms with Gasteiger partial charge in [0.05, 0.1) is 5.56 Å². The molecule has 188 valence electrons. The lowest BCUT2D eigenvalue weighted by Crippen LogP contribution is -2.21. The molecule has 2 aromatic rings. The van der Waals surface area contributed by atoms with Crippen molar-refractivity contribution in [3.63, 3.8) is 0 Å². The number of rotatable bonds is 9. The van der Waals surface area contributed by atoms with Crippen LogP contribution in [0, 0.1) is 17.8 Å². The number of alkyl halides is 1. The summed E-state index contributed by atoms with van der Waals surface area (Å²) >= 11 is 6.37. The molecule has 34 heavy (non-hydrogen) atoms. The quantitative estimate of drug-likeness (QED) is 0.220. The third-order valence-corrected chi connectivity index (χ3v) is 6.09. The average molecular weight is 487 g/mol. The topological polar surface area (TPSA) is 46.5 Å². The third-order valence-electron chi connectivity index (χ3n) is 5.82. The van der Waals surface area contributed by atoms with Crippen molar-refractivity contribution in [3.8, 4) is 11.5 Å². The maximum absolute atomic E-state index is 13.6. The van der Waals surface area contributed by atoms with Crippen LogP contribution in [0.4, 0.5) is 0 Å². The number of ether oxygens (including phenoxy) is 1. The summed E-state index contributed by atoms with van der Waals surface area (Å²) in [6, 6.07) is 7.93. The normalized spacial score (nSPS) is 12.1. The van der Waals surface area contributed by atoms with E-state index in [-0.39, 0.29) is 17.0 Å². The van der Waals surface area contributed by atoms with E-state index >= 15 is 0 Å². The monoisotopic (exact) mass is 486 g/mol. The average Bonchev–Trinajstić information content (AvgIpc) is 2.68. The fourth-order valence-electron chi connectivity index (χ4n) is 4.58. The molecular formula is C30H43ClO3. The molecule has 2 rings (SSSR count). The minimum Gasteiger partial charge on any atom is -0.507 e. The Balaban J connectivity index is 2.59. The molecule has 0 saturated heterocycles. The molecule has 0 saturated carbocycles. The van der Waals surface area contributed by atoms with Gasteiger partial charge >= 0.3 is 5.97 Å². The summed E-state index contributed by atoms with van der Waals surface area (Å²) in [7, 11) is 0. The minimum atomic E-state index is -0.423. The second kappa shape index (κ2) is 11.6. The Kier molecular flexibility index (Phi) is 9.65. The highest BCUT2D eigenvalue weighted by molar-refractivity contribution is 6.18. The first-order chi connectivity index (χ1) is 15.7. The van der Waals surface area contributed by atoms with Gasteiger partial charge in [0.1, 0.15) is 11.5 Å². The summed E-state index contributed by atoms with van der Waals surface area (Å²) in [6.45, 7) is 19.0. The van der Waals surface area contributed by atoms with Gasteiger partial charge in [-0.25, -0.2) is 4.79 Å². The summed E-state index contributed by atoms with van der Waals surface area (Å²) in [5.41, 5.74) is 4.49. The Bertz CT molecular complexity index is 997. The van der Waals surface area contributed by atoms with E-state index in [1.165, 1.54) is 5.56 Å². The highest BCUT2D eigenvalue weighted by Crippen LogP contribution is 2.40. The van der Waals surface area contributed by atoms with Crippen LogP contribution in [0.15, 0.2) is 24.3 Å². The van der Waals surface area contributed by atoms with Crippen LogP contribution in [0.1, 0.15) is 100 Å². The Morgan fingerprint density at radius 1 is 0.912 bits per heavy atom. The fraction of sp³-hybridized carbons (Fsp3) is 0.567. The molecule has 0 bridgehead atoms. The lowest BCUT2D eigenvalue weighted by atomic mass is 9.79. The van der Waals surface area contributed by atoms with E-state index in [1.807, 2.05) is 26.8 Å². The number of hydrogen-bond acceptors (Lipinski definition) is 3. The van der Waals surface area contributed by atoms with Gasteiger partial charge in [0, 0.05) is 11.4 Å². The van der Waals surface area contributed by atoms with Crippen LogP contribution in [0.2, 0.25) is 0 Å². The molecule has 2 aromatic carbocycles. The fourth-order valence-corrected chi connectivity index (χ4v) is 4.85. The molecule has 0 heterocycles. The summed E-state index contributed by atoms with van der Waals surface area (Å²) < 4.78 is 6.02. The van der Waals surface area contributed by atoms with Crippen LogP contribution in [0.3, 0.4) is 0 Å². The molecule has 0 radical (unpaired) electrons. The van der Waals surface area contributed by atoms with E-state index in [2.05, 4.69) is 53.7 Å². The number of carbonyl (C=O) groups is 1. The first-order valence-electron chi connectivity index (χ1n) is 12.5. The van der Waals surface area contributed by atoms with E-state index in [0.717, 1.165) is 29.5 Å². The maximum Gasteiger partial charge on any atom is 0.343 e. The van der Waals surface area contributed by atoms with Crippen molar-refractivity contribution in [2.24, 2.45) is 17.8 Å². The standard InChI is InChI=1S/C30H43ClO3/c1-18(2)12-21-10-11-26(22(15-21)13-19(3)4)34-29(33)24-16-23(14-20(5)6)28(32)27(25(24)17-31)30(7,8)9/h10-11,15-16,18-20,32H,12-14,17H2,1-9H3. The van der Waals surface area contributed by atoms with Gasteiger partial charge in [-0.05, 0) is 76.8 Å². The highest BCUT2D eigenvalue weighted by atomic mass is 35.5. The summed E-state index contributed by atoms with van der Waals surface area (Å²) in [5, 5.41) is 11.1. The minimum absolute atomic E-state index is 0.124. The molecule has 0 atom stereocenters. The lowest BCUT2D eigenvalue weighted by Gasteiger charge is -2.27. The molecule has 0 aliphatic rings. The number of benzene rings is 2. The molecule has 0 aliphatic carbocycles. The van der Waals surface area contributed by atoms with Gasteiger partial charge in [-0.2, -0.15) is 0 Å². The number of aromatic hydroxyl groups is 1. The number of phenols is 1. The van der Waals surface area contributed by atoms with Gasteiger partial charge < -0.3 is 9.84 Å². The molecule has 0 aromatic heterocycles. The van der Waals surface area contributed by atoms with Gasteiger partial charge in [-0.15, -0.1) is 11.6 Å². The van der Waals surface area contributed by atoms with Gasteiger partial charge in [0.2, 0.25) is 0 Å². The molecule has 0 fully saturated rings. The van der Waals surface area contributed by atoms with Crippen LogP contribution in [-0.4, -0.2) is 11.1 Å². The van der Waals surface area contributed by atoms with Crippen molar-refractivity contribution in [2.75, 3.05) is 0 Å². The zero-order chi connectivity index (χ0) is 25.8. The third kappa shape index (κ3) is 7.25. The first kappa shape index (κ1) is 28.2. The van der Waals surface area contributed by atoms with E-state index in [1.54, 1.807) is 6.07 Å². The van der Waals surface area contributed by atoms with Crippen molar-refractivity contribution in [2.45, 2.75) is 92.9 Å². The lowest BCUT2D eigenvalue weighted by molar-refractivity contribution is 0.0731. The Morgan fingerprint density at radius 2 is 1.47 bits per heavy atom. The van der Waals surface area contributed by atoms with Crippen molar-refractivity contribution in [1.82, 2.24) is 0 Å². The number of esters is 1. The Labute approximate surface area is 211 Å². The van der Waals surface area contributed by atoms with Crippen LogP contribution in [-0.2, 0) is 30.6 Å². The largest absolute Gasteiger partial charge is 0.507 e. The summed E-state index contributed by atoms with van der Waals surface area (Å²) in [4.78, 5) is 13.6. The molecular weight excluding hydrogens is 444 g/mol. The number of halogens is 1. The molecule has 0 amide bonds. The first-order valence-corrected chi connectivity index (χ1v) is 13.1. The predicted octanol–water partition coefficient (Wildman–Crippen LogP) is 8.24. The van der Waals surface area contributed by atoms with Gasteiger partial charge in [0.15, 0.2) is 0 Å². The second-order valence-electron chi connectivity index (χ2n) is 11.8. The SMILES string of the molecule is CC(C)Cc1ccc(OC(=O)c2cc(CC(C)C)c(O)c(C(C)(C)C)c2CCl)c(CC(C)C)c1. The van der Waals surface area contributed by atoms with Crippen molar-refractivity contribution in [1.29, 1.82) is 0 Å². The second-order valence-corrected chi connectivity index (χ2v) is 12.1. The molecule has 0 spiro atoms. The van der Waals surface area contributed by atoms with Crippen molar-refractivity contribution >= 4 is 17.6 Å². The van der Waals surface area contributed by atoms with E-state index < -0.39 is 5.97 Å². The van der Waals surface area contributed by atoms with Crippen LogP contribution < -0.4 is 4.74 Å². The number of phenolic OH excluding ortho intramolecular Hbond substituents is 1. The number of carbonyl (C=O) groups excluding carboxylic acids is 1. The van der Waals surface area contributed by atoms with Crippen LogP contribution in [0.5, 0.6) is 11.5 Å². The van der Waals surface area contributed by atoms with E-state index in [4.69, 9.17) is 16.3 Å². The smallest absolute Gasteiger partial charge is 0.343 e. The Hall–Kier alpha value is -2.00. The van der Waals surface area contributed by atoms with Crippen molar-refractivity contribution < 1.29 is 14.6 Å². The molecule has 0 aliphatic heterocycles. The molecule has 0 unspecified atom stereocenters. The van der Waals surface area contributed by atoms with Crippen LogP contribution in [0.25, 0.3) is 0 Å². The van der Waals surface area contributed by atoms with Gasteiger partial charge in [-0.3, -0.25) is 0 Å². The van der Waals surface area contributed by atoms with Gasteiger partial charge in [-0.1, -0.05) is 74.4 Å². The zero-order valence-corrected chi connectivity index (χ0v) is 23.3. The van der Waals surface area contributed by atoms with Crippen LogP contribution >= 0.6 is 11.6 Å². The Morgan fingerprint density at radius 3 is 1.97 bits per heavy atom. The molecule has 1 N–H and O–H groups in total. The van der Waals surface area contributed by atoms with Gasteiger partial charge in [0.25, 0.3) is 0 Å². The highest BCUT2D eigenvalue weighted by Gasteiger charge is 2.29. The van der Waals surface area contributed by atoms with E-state index in [0.29, 0.717) is 41.1 Å². The van der Waals surface area contributed by atoms with Crippen molar-refractivity contribution in [3.05, 3.63) is 57.6 Å².